The standard InChI is InChI=1S/C19H31N3O/c1-21(2)15-17(14-16-10-6-4-7-11-16)20-19(23)22(3)18-12-8-5-9-13-18/h4,6-7,10-11,17-18H,5,8-9,12-15H2,1-3H3,(H,20,23). The number of benzene rings is 1. The highest BCUT2D eigenvalue weighted by atomic mass is 16.2. The summed E-state index contributed by atoms with van der Waals surface area (Å²) in [5.74, 6) is 0. The highest BCUT2D eigenvalue weighted by Gasteiger charge is 2.24. The lowest BCUT2D eigenvalue weighted by atomic mass is 9.95. The molecule has 0 aromatic heterocycles. The van der Waals surface area contributed by atoms with Gasteiger partial charge in [0.05, 0.1) is 0 Å². The van der Waals surface area contributed by atoms with Gasteiger partial charge in [-0.05, 0) is 38.9 Å². The predicted molar refractivity (Wildman–Crippen MR) is 95.7 cm³/mol. The fourth-order valence-electron chi connectivity index (χ4n) is 3.41. The Morgan fingerprint density at radius 3 is 2.39 bits per heavy atom. The molecule has 1 unspecified atom stereocenters. The smallest absolute Gasteiger partial charge is 0.317 e. The molecule has 1 aliphatic carbocycles. The van der Waals surface area contributed by atoms with E-state index in [1.165, 1.54) is 24.8 Å². The van der Waals surface area contributed by atoms with Crippen LogP contribution < -0.4 is 5.32 Å². The predicted octanol–water partition coefficient (Wildman–Crippen LogP) is 3.13. The molecule has 1 aromatic rings. The third kappa shape index (κ3) is 5.87. The van der Waals surface area contributed by atoms with Gasteiger partial charge in [-0.25, -0.2) is 4.79 Å². The minimum atomic E-state index is 0.0691. The summed E-state index contributed by atoms with van der Waals surface area (Å²) in [7, 11) is 6.05. The molecular formula is C19H31N3O. The van der Waals surface area contributed by atoms with Crippen LogP contribution in [0.25, 0.3) is 0 Å². The molecule has 0 saturated heterocycles. The molecule has 1 atom stereocenters. The normalized spacial score (nSPS) is 17.0. The maximum Gasteiger partial charge on any atom is 0.317 e. The first-order valence-corrected chi connectivity index (χ1v) is 8.78. The van der Waals surface area contributed by atoms with Crippen LogP contribution in [0.15, 0.2) is 30.3 Å². The van der Waals surface area contributed by atoms with Crippen molar-refractivity contribution in [1.82, 2.24) is 15.1 Å². The molecule has 0 radical (unpaired) electrons. The second-order valence-electron chi connectivity index (χ2n) is 7.00. The van der Waals surface area contributed by atoms with Crippen LogP contribution in [0.5, 0.6) is 0 Å². The van der Waals surface area contributed by atoms with Crippen molar-refractivity contribution in [3.05, 3.63) is 35.9 Å². The van der Waals surface area contributed by atoms with E-state index in [-0.39, 0.29) is 12.1 Å². The van der Waals surface area contributed by atoms with Gasteiger partial charge in [0, 0.05) is 25.7 Å². The van der Waals surface area contributed by atoms with Crippen LogP contribution in [0.1, 0.15) is 37.7 Å². The second kappa shape index (κ2) is 8.92. The molecule has 0 bridgehead atoms. The van der Waals surface area contributed by atoms with Gasteiger partial charge in [0.2, 0.25) is 0 Å². The molecule has 2 rings (SSSR count). The average molecular weight is 317 g/mol. The number of amides is 2. The lowest BCUT2D eigenvalue weighted by Crippen LogP contribution is -2.51. The zero-order chi connectivity index (χ0) is 16.7. The lowest BCUT2D eigenvalue weighted by Gasteiger charge is -2.33. The Hall–Kier alpha value is -1.55. The highest BCUT2D eigenvalue weighted by Crippen LogP contribution is 2.21. The third-order valence-corrected chi connectivity index (χ3v) is 4.68. The second-order valence-corrected chi connectivity index (χ2v) is 7.00. The summed E-state index contributed by atoms with van der Waals surface area (Å²) in [5, 5.41) is 3.24. The summed E-state index contributed by atoms with van der Waals surface area (Å²) < 4.78 is 0. The number of hydrogen-bond donors (Lipinski definition) is 1. The van der Waals surface area contributed by atoms with Crippen molar-refractivity contribution in [3.63, 3.8) is 0 Å². The third-order valence-electron chi connectivity index (χ3n) is 4.68. The van der Waals surface area contributed by atoms with Crippen LogP contribution in [0, 0.1) is 0 Å². The SMILES string of the molecule is CN(C)CC(Cc1ccccc1)NC(=O)N(C)C1CCCCC1. The maximum atomic E-state index is 12.6. The molecule has 0 heterocycles. The number of carbonyl (C=O) groups is 1. The molecule has 23 heavy (non-hydrogen) atoms. The molecule has 128 valence electrons. The minimum Gasteiger partial charge on any atom is -0.334 e. The topological polar surface area (TPSA) is 35.6 Å². The van der Waals surface area contributed by atoms with E-state index in [1.807, 2.05) is 18.0 Å². The summed E-state index contributed by atoms with van der Waals surface area (Å²) in [5.41, 5.74) is 1.26. The van der Waals surface area contributed by atoms with Crippen molar-refractivity contribution in [3.8, 4) is 0 Å². The quantitative estimate of drug-likeness (QED) is 0.875. The van der Waals surface area contributed by atoms with Gasteiger partial charge < -0.3 is 15.1 Å². The number of carbonyl (C=O) groups excluding carboxylic acids is 1. The number of nitrogens with one attached hydrogen (secondary N) is 1. The Morgan fingerprint density at radius 1 is 1.13 bits per heavy atom. The van der Waals surface area contributed by atoms with Crippen LogP contribution in [0.3, 0.4) is 0 Å². The van der Waals surface area contributed by atoms with Crippen LogP contribution in [-0.4, -0.2) is 55.6 Å². The number of nitrogens with zero attached hydrogens (tertiary/aromatic N) is 2. The van der Waals surface area contributed by atoms with E-state index in [4.69, 9.17) is 0 Å². The average Bonchev–Trinajstić information content (AvgIpc) is 2.55. The van der Waals surface area contributed by atoms with E-state index >= 15 is 0 Å². The van der Waals surface area contributed by atoms with Gasteiger partial charge in [0.1, 0.15) is 0 Å². The molecule has 0 aliphatic heterocycles. The van der Waals surface area contributed by atoms with Crippen LogP contribution >= 0.6 is 0 Å². The molecule has 4 heteroatoms. The van der Waals surface area contributed by atoms with Crippen LogP contribution in [-0.2, 0) is 6.42 Å². The van der Waals surface area contributed by atoms with E-state index in [2.05, 4.69) is 48.6 Å². The molecule has 4 nitrogen and oxygen atoms in total. The molecule has 1 N–H and O–H groups in total. The van der Waals surface area contributed by atoms with Gasteiger partial charge in [-0.1, -0.05) is 49.6 Å². The lowest BCUT2D eigenvalue weighted by molar-refractivity contribution is 0.167. The van der Waals surface area contributed by atoms with E-state index in [0.29, 0.717) is 6.04 Å². The first-order chi connectivity index (χ1) is 11.1. The van der Waals surface area contributed by atoms with Gasteiger partial charge >= 0.3 is 6.03 Å². The zero-order valence-corrected chi connectivity index (χ0v) is 14.8. The Labute approximate surface area is 140 Å². The molecule has 2 amide bonds. The summed E-state index contributed by atoms with van der Waals surface area (Å²) in [4.78, 5) is 16.7. The first-order valence-electron chi connectivity index (χ1n) is 8.78. The number of urea groups is 1. The number of rotatable bonds is 6. The Bertz CT molecular complexity index is 469. The Balaban J connectivity index is 1.94. The van der Waals surface area contributed by atoms with E-state index in [0.717, 1.165) is 25.8 Å². The van der Waals surface area contributed by atoms with Gasteiger partial charge in [-0.2, -0.15) is 0 Å². The summed E-state index contributed by atoms with van der Waals surface area (Å²) in [6.45, 7) is 0.846. The van der Waals surface area contributed by atoms with Crippen molar-refractivity contribution in [2.45, 2.75) is 50.6 Å². The van der Waals surface area contributed by atoms with E-state index < -0.39 is 0 Å². The highest BCUT2D eigenvalue weighted by molar-refractivity contribution is 5.74. The molecular weight excluding hydrogens is 286 g/mol. The summed E-state index contributed by atoms with van der Waals surface area (Å²) in [6, 6.07) is 11.0. The van der Waals surface area contributed by atoms with Crippen molar-refractivity contribution >= 4 is 6.03 Å². The summed E-state index contributed by atoms with van der Waals surface area (Å²) in [6.07, 6.45) is 6.94. The fraction of sp³-hybridized carbons (Fsp3) is 0.632. The molecule has 1 aliphatic rings. The van der Waals surface area contributed by atoms with E-state index in [1.54, 1.807) is 0 Å². The number of likely N-dealkylation sites (N-methyl/N-ethyl adjacent to an activating group) is 1. The Kier molecular flexibility index (Phi) is 6.90. The molecule has 1 saturated carbocycles. The monoisotopic (exact) mass is 317 g/mol. The zero-order valence-electron chi connectivity index (χ0n) is 14.8. The van der Waals surface area contributed by atoms with Gasteiger partial charge in [0.15, 0.2) is 0 Å². The fourth-order valence-corrected chi connectivity index (χ4v) is 3.41. The molecule has 0 spiro atoms. The molecule has 1 fully saturated rings. The molecule has 1 aromatic carbocycles. The van der Waals surface area contributed by atoms with Crippen molar-refractivity contribution in [2.24, 2.45) is 0 Å². The summed E-state index contributed by atoms with van der Waals surface area (Å²) >= 11 is 0. The van der Waals surface area contributed by atoms with Crippen molar-refractivity contribution in [2.75, 3.05) is 27.7 Å². The van der Waals surface area contributed by atoms with Crippen LogP contribution in [0.2, 0.25) is 0 Å². The van der Waals surface area contributed by atoms with Crippen molar-refractivity contribution < 1.29 is 4.79 Å². The maximum absolute atomic E-state index is 12.6. The van der Waals surface area contributed by atoms with E-state index in [9.17, 15) is 4.79 Å². The van der Waals surface area contributed by atoms with Crippen LogP contribution in [0.4, 0.5) is 4.79 Å². The minimum absolute atomic E-state index is 0.0691. The number of hydrogen-bond acceptors (Lipinski definition) is 2. The van der Waals surface area contributed by atoms with Gasteiger partial charge in [-0.3, -0.25) is 0 Å². The largest absolute Gasteiger partial charge is 0.334 e. The van der Waals surface area contributed by atoms with Gasteiger partial charge in [0.25, 0.3) is 0 Å². The van der Waals surface area contributed by atoms with Gasteiger partial charge in [-0.15, -0.1) is 0 Å². The van der Waals surface area contributed by atoms with Crippen molar-refractivity contribution in [1.29, 1.82) is 0 Å². The first kappa shape index (κ1) is 17.8. The Morgan fingerprint density at radius 2 is 1.78 bits per heavy atom.